The van der Waals surface area contributed by atoms with Gasteiger partial charge in [-0.1, -0.05) is 27.2 Å². The van der Waals surface area contributed by atoms with Crippen LogP contribution in [0.15, 0.2) is 0 Å². The van der Waals surface area contributed by atoms with Crippen LogP contribution in [0.4, 0.5) is 0 Å². The summed E-state index contributed by atoms with van der Waals surface area (Å²) in [4.78, 5) is 0. The molecule has 6 unspecified atom stereocenters. The smallest absolute Gasteiger partial charge is 0.157 e. The second-order valence-electron chi connectivity index (χ2n) is 5.89. The fourth-order valence-corrected chi connectivity index (χ4v) is 3.80. The third-order valence-corrected chi connectivity index (χ3v) is 5.10. The van der Waals surface area contributed by atoms with Crippen LogP contribution >= 0.6 is 0 Å². The Balaban J connectivity index is 1.83. The van der Waals surface area contributed by atoms with Gasteiger partial charge < -0.3 is 9.84 Å². The van der Waals surface area contributed by atoms with E-state index in [1.165, 1.54) is 12.8 Å². The molecule has 2 bridgehead atoms. The maximum absolute atomic E-state index is 10.1. The quantitative estimate of drug-likeness (QED) is 0.576. The summed E-state index contributed by atoms with van der Waals surface area (Å²) in [5, 5.41) is 10.1. The van der Waals surface area contributed by atoms with E-state index in [2.05, 4.69) is 20.8 Å². The van der Waals surface area contributed by atoms with E-state index >= 15 is 0 Å². The first-order valence-corrected chi connectivity index (χ1v) is 6.94. The summed E-state index contributed by atoms with van der Waals surface area (Å²) >= 11 is 0. The predicted octanol–water partition coefficient (Wildman–Crippen LogP) is 3.05. The van der Waals surface area contributed by atoms with E-state index in [0.29, 0.717) is 11.8 Å². The molecule has 94 valence electrons. The van der Waals surface area contributed by atoms with E-state index in [9.17, 15) is 5.11 Å². The molecule has 1 N–H and O–H groups in total. The van der Waals surface area contributed by atoms with Crippen molar-refractivity contribution >= 4 is 0 Å². The van der Waals surface area contributed by atoms with Crippen molar-refractivity contribution in [3.63, 3.8) is 0 Å². The first kappa shape index (κ1) is 12.4. The van der Waals surface area contributed by atoms with E-state index in [1.807, 2.05) is 0 Å². The zero-order valence-electron chi connectivity index (χ0n) is 10.9. The van der Waals surface area contributed by atoms with Gasteiger partial charge in [-0.2, -0.15) is 0 Å². The Hall–Kier alpha value is -0.0800. The fraction of sp³-hybridized carbons (Fsp3) is 1.00. The third kappa shape index (κ3) is 2.14. The van der Waals surface area contributed by atoms with E-state index in [0.717, 1.165) is 37.2 Å². The number of rotatable bonds is 5. The second-order valence-corrected chi connectivity index (χ2v) is 5.89. The summed E-state index contributed by atoms with van der Waals surface area (Å²) < 4.78 is 5.56. The van der Waals surface area contributed by atoms with Gasteiger partial charge in [-0.3, -0.25) is 0 Å². The van der Waals surface area contributed by atoms with Crippen LogP contribution < -0.4 is 0 Å². The van der Waals surface area contributed by atoms with E-state index < -0.39 is 6.29 Å². The molecule has 2 aliphatic carbocycles. The molecule has 2 saturated carbocycles. The minimum absolute atomic E-state index is 0.410. The highest BCUT2D eigenvalue weighted by Gasteiger charge is 2.50. The molecule has 2 heteroatoms. The molecule has 2 nitrogen and oxygen atoms in total. The van der Waals surface area contributed by atoms with Crippen molar-refractivity contribution in [2.24, 2.45) is 29.6 Å². The molecule has 2 fully saturated rings. The molecule has 0 radical (unpaired) electrons. The van der Waals surface area contributed by atoms with Gasteiger partial charge in [-0.25, -0.2) is 0 Å². The molecule has 0 aliphatic heterocycles. The van der Waals surface area contributed by atoms with Crippen molar-refractivity contribution in [1.29, 1.82) is 0 Å². The maximum Gasteiger partial charge on any atom is 0.157 e. The molecule has 6 atom stereocenters. The number of aliphatic hydroxyl groups is 1. The van der Waals surface area contributed by atoms with Gasteiger partial charge in [0.2, 0.25) is 0 Å². The third-order valence-electron chi connectivity index (χ3n) is 5.10. The zero-order valence-corrected chi connectivity index (χ0v) is 10.9. The van der Waals surface area contributed by atoms with Crippen LogP contribution in [-0.2, 0) is 4.74 Å². The minimum Gasteiger partial charge on any atom is -0.368 e. The average molecular weight is 226 g/mol. The molecule has 2 rings (SSSR count). The van der Waals surface area contributed by atoms with Crippen molar-refractivity contribution in [1.82, 2.24) is 0 Å². The van der Waals surface area contributed by atoms with Gasteiger partial charge in [0.25, 0.3) is 0 Å². The van der Waals surface area contributed by atoms with Gasteiger partial charge in [0.1, 0.15) is 0 Å². The molecule has 16 heavy (non-hydrogen) atoms. The Morgan fingerprint density at radius 2 is 2.00 bits per heavy atom. The molecule has 2 aliphatic rings. The van der Waals surface area contributed by atoms with Gasteiger partial charge in [0.05, 0.1) is 0 Å². The lowest BCUT2D eigenvalue weighted by molar-refractivity contribution is -0.152. The summed E-state index contributed by atoms with van der Waals surface area (Å²) in [6, 6.07) is 0. The van der Waals surface area contributed by atoms with Crippen molar-refractivity contribution in [3.8, 4) is 0 Å². The fourth-order valence-electron chi connectivity index (χ4n) is 3.80. The summed E-state index contributed by atoms with van der Waals surface area (Å²) in [5.41, 5.74) is 0. The summed E-state index contributed by atoms with van der Waals surface area (Å²) in [5.74, 6) is 3.58. The standard InChI is InChI=1S/C14H26O2/c1-4-5-6-16-14(15)13-8-11-7-12(13)10(3)9(11)2/h9-15H,4-8H2,1-3H3. The van der Waals surface area contributed by atoms with Crippen molar-refractivity contribution in [2.75, 3.05) is 6.61 Å². The van der Waals surface area contributed by atoms with Crippen LogP contribution in [0.25, 0.3) is 0 Å². The Labute approximate surface area is 99.4 Å². The van der Waals surface area contributed by atoms with Gasteiger partial charge in [0, 0.05) is 12.5 Å². The highest BCUT2D eigenvalue weighted by atomic mass is 16.6. The first-order chi connectivity index (χ1) is 7.65. The molecule has 0 heterocycles. The van der Waals surface area contributed by atoms with Crippen molar-refractivity contribution < 1.29 is 9.84 Å². The average Bonchev–Trinajstić information content (AvgIpc) is 2.80. The lowest BCUT2D eigenvalue weighted by Crippen LogP contribution is -2.34. The Morgan fingerprint density at radius 3 is 2.56 bits per heavy atom. The largest absolute Gasteiger partial charge is 0.368 e. The monoisotopic (exact) mass is 226 g/mol. The number of hydrogen-bond acceptors (Lipinski definition) is 2. The van der Waals surface area contributed by atoms with Crippen molar-refractivity contribution in [3.05, 3.63) is 0 Å². The van der Waals surface area contributed by atoms with Crippen LogP contribution in [0.2, 0.25) is 0 Å². The molecule has 0 aromatic heterocycles. The molecule has 0 spiro atoms. The SMILES string of the molecule is CCCCOC(O)C1CC2CC1C(C)C2C. The Kier molecular flexibility index (Phi) is 3.91. The molecular formula is C14H26O2. The van der Waals surface area contributed by atoms with E-state index in [1.54, 1.807) is 0 Å². The van der Waals surface area contributed by atoms with Crippen LogP contribution in [0, 0.1) is 29.6 Å². The predicted molar refractivity (Wildman–Crippen MR) is 64.9 cm³/mol. The van der Waals surface area contributed by atoms with Gasteiger partial charge in [-0.05, 0) is 42.9 Å². The van der Waals surface area contributed by atoms with Crippen LogP contribution in [0.1, 0.15) is 46.5 Å². The maximum atomic E-state index is 10.1. The van der Waals surface area contributed by atoms with E-state index in [-0.39, 0.29) is 0 Å². The van der Waals surface area contributed by atoms with Crippen LogP contribution in [-0.4, -0.2) is 18.0 Å². The zero-order chi connectivity index (χ0) is 11.7. The normalized spacial score (nSPS) is 43.9. The topological polar surface area (TPSA) is 29.5 Å². The summed E-state index contributed by atoms with van der Waals surface area (Å²) in [7, 11) is 0. The Bertz CT molecular complexity index is 227. The number of aliphatic hydroxyl groups excluding tert-OH is 1. The first-order valence-electron chi connectivity index (χ1n) is 6.94. The van der Waals surface area contributed by atoms with E-state index in [4.69, 9.17) is 4.74 Å². The van der Waals surface area contributed by atoms with Gasteiger partial charge in [-0.15, -0.1) is 0 Å². The lowest BCUT2D eigenvalue weighted by atomic mass is 9.75. The molecule has 0 aromatic rings. The van der Waals surface area contributed by atoms with Gasteiger partial charge in [0.15, 0.2) is 6.29 Å². The number of fused-ring (bicyclic) bond motifs is 2. The molecule has 0 saturated heterocycles. The number of hydrogen-bond donors (Lipinski definition) is 1. The Morgan fingerprint density at radius 1 is 1.25 bits per heavy atom. The molecule has 0 aromatic carbocycles. The minimum atomic E-state index is -0.503. The molecule has 0 amide bonds. The van der Waals surface area contributed by atoms with Crippen LogP contribution in [0.3, 0.4) is 0 Å². The number of unbranched alkanes of at least 4 members (excludes halogenated alkanes) is 1. The summed E-state index contributed by atoms with van der Waals surface area (Å²) in [6.07, 6.45) is 4.20. The molecular weight excluding hydrogens is 200 g/mol. The van der Waals surface area contributed by atoms with Crippen molar-refractivity contribution in [2.45, 2.75) is 52.7 Å². The number of ether oxygens (including phenoxy) is 1. The highest BCUT2D eigenvalue weighted by molar-refractivity contribution is 4.98. The second kappa shape index (κ2) is 5.05. The highest BCUT2D eigenvalue weighted by Crippen LogP contribution is 2.55. The lowest BCUT2D eigenvalue weighted by Gasteiger charge is -2.34. The van der Waals surface area contributed by atoms with Gasteiger partial charge >= 0.3 is 0 Å². The van der Waals surface area contributed by atoms with Crippen LogP contribution in [0.5, 0.6) is 0 Å². The summed E-state index contributed by atoms with van der Waals surface area (Å²) in [6.45, 7) is 7.59.